The highest BCUT2D eigenvalue weighted by molar-refractivity contribution is 7.89. The molecule has 0 radical (unpaired) electrons. The van der Waals surface area contributed by atoms with Gasteiger partial charge in [-0.3, -0.25) is 14.4 Å². The highest BCUT2D eigenvalue weighted by atomic mass is 32.2. The lowest BCUT2D eigenvalue weighted by molar-refractivity contribution is -0.163. The van der Waals surface area contributed by atoms with Gasteiger partial charge in [-0.2, -0.15) is 4.31 Å². The number of amides is 1. The summed E-state index contributed by atoms with van der Waals surface area (Å²) in [6.07, 6.45) is 0.832. The third-order valence-corrected chi connectivity index (χ3v) is 8.09. The maximum Gasteiger partial charge on any atom is 0.325 e. The minimum atomic E-state index is -3.85. The third kappa shape index (κ3) is 5.73. The van der Waals surface area contributed by atoms with E-state index in [4.69, 9.17) is 9.47 Å². The average molecular weight is 481 g/mol. The van der Waals surface area contributed by atoms with E-state index >= 15 is 0 Å². The van der Waals surface area contributed by atoms with Crippen molar-refractivity contribution in [2.45, 2.75) is 63.5 Å². The highest BCUT2D eigenvalue weighted by Gasteiger charge is 2.41. The second kappa shape index (κ2) is 10.6. The number of sulfonamides is 1. The van der Waals surface area contributed by atoms with Crippen LogP contribution in [0.3, 0.4) is 0 Å². The summed E-state index contributed by atoms with van der Waals surface area (Å²) in [6.45, 7) is 6.41. The van der Waals surface area contributed by atoms with Crippen molar-refractivity contribution in [1.82, 2.24) is 9.21 Å². The number of ether oxygens (including phenoxy) is 2. The molecule has 2 heterocycles. The molecule has 0 saturated carbocycles. The van der Waals surface area contributed by atoms with Crippen molar-refractivity contribution >= 4 is 27.9 Å². The fourth-order valence-electron chi connectivity index (χ4n) is 4.27. The molecule has 1 aromatic rings. The van der Waals surface area contributed by atoms with Crippen molar-refractivity contribution in [2.75, 3.05) is 26.2 Å². The van der Waals surface area contributed by atoms with Gasteiger partial charge in [-0.1, -0.05) is 17.7 Å². The quantitative estimate of drug-likeness (QED) is 0.548. The Labute approximate surface area is 195 Å². The van der Waals surface area contributed by atoms with Gasteiger partial charge >= 0.3 is 11.9 Å². The van der Waals surface area contributed by atoms with E-state index in [0.29, 0.717) is 45.4 Å². The van der Waals surface area contributed by atoms with Crippen LogP contribution in [-0.4, -0.2) is 73.9 Å². The second-order valence-corrected chi connectivity index (χ2v) is 10.4. The number of carbonyl (C=O) groups is 3. The molecule has 2 atom stereocenters. The Bertz CT molecular complexity index is 969. The van der Waals surface area contributed by atoms with Crippen molar-refractivity contribution < 1.29 is 32.3 Å². The summed E-state index contributed by atoms with van der Waals surface area (Å²) in [5, 5.41) is 0. The van der Waals surface area contributed by atoms with E-state index in [9.17, 15) is 22.8 Å². The molecule has 0 aliphatic carbocycles. The molecule has 0 unspecified atom stereocenters. The maximum absolute atomic E-state index is 13.1. The van der Waals surface area contributed by atoms with Crippen molar-refractivity contribution in [3.63, 3.8) is 0 Å². The lowest BCUT2D eigenvalue weighted by Crippen LogP contribution is -2.47. The van der Waals surface area contributed by atoms with E-state index in [-0.39, 0.29) is 29.2 Å². The first-order valence-electron chi connectivity index (χ1n) is 11.4. The first-order chi connectivity index (χ1) is 15.6. The van der Waals surface area contributed by atoms with Gasteiger partial charge in [0.2, 0.25) is 10.0 Å². The predicted octanol–water partition coefficient (Wildman–Crippen LogP) is 1.88. The Balaban J connectivity index is 1.59. The number of carbonyl (C=O) groups excluding carboxylic acids is 3. The molecule has 182 valence electrons. The maximum atomic E-state index is 13.1. The predicted molar refractivity (Wildman–Crippen MR) is 120 cm³/mol. The van der Waals surface area contributed by atoms with Crippen LogP contribution in [0.1, 0.15) is 45.1 Å². The zero-order valence-electron chi connectivity index (χ0n) is 19.4. The number of benzene rings is 1. The Morgan fingerprint density at radius 1 is 1.03 bits per heavy atom. The summed E-state index contributed by atoms with van der Waals surface area (Å²) in [5.74, 6) is -1.55. The van der Waals surface area contributed by atoms with Crippen LogP contribution in [0.25, 0.3) is 0 Å². The summed E-state index contributed by atoms with van der Waals surface area (Å²) in [6, 6.07) is 5.51. The normalized spacial score (nSPS) is 20.9. The Kier molecular flexibility index (Phi) is 8.12. The molecule has 2 saturated heterocycles. The number of hydrogen-bond acceptors (Lipinski definition) is 7. The zero-order valence-corrected chi connectivity index (χ0v) is 20.2. The first-order valence-corrected chi connectivity index (χ1v) is 12.8. The number of hydrogen-bond donors (Lipinski definition) is 0. The van der Waals surface area contributed by atoms with E-state index in [1.54, 1.807) is 24.0 Å². The minimum Gasteiger partial charge on any atom is -0.466 e. The van der Waals surface area contributed by atoms with Gasteiger partial charge < -0.3 is 14.4 Å². The minimum absolute atomic E-state index is 0.126. The molecule has 0 spiro atoms. The van der Waals surface area contributed by atoms with E-state index in [0.717, 1.165) is 5.56 Å². The fourth-order valence-corrected chi connectivity index (χ4v) is 5.91. The molecule has 2 aliphatic rings. The average Bonchev–Trinajstić information content (AvgIpc) is 3.30. The van der Waals surface area contributed by atoms with E-state index in [1.165, 1.54) is 23.4 Å². The number of piperidine rings is 1. The van der Waals surface area contributed by atoms with Gasteiger partial charge in [-0.05, 0) is 58.6 Å². The van der Waals surface area contributed by atoms with Gasteiger partial charge in [-0.15, -0.1) is 0 Å². The number of nitrogens with zero attached hydrogens (tertiary/aromatic N) is 2. The SMILES string of the molecule is CCOC(=O)C1CCN(C(=O)[C@H](C)OC(=O)[C@@H]2CCCN2S(=O)(=O)c2ccc(C)cc2)CC1. The number of aryl methyl sites for hydroxylation is 1. The lowest BCUT2D eigenvalue weighted by atomic mass is 9.97. The van der Waals surface area contributed by atoms with Crippen molar-refractivity contribution in [3.05, 3.63) is 29.8 Å². The first kappa shape index (κ1) is 25.2. The monoisotopic (exact) mass is 480 g/mol. The summed E-state index contributed by atoms with van der Waals surface area (Å²) in [5.41, 5.74) is 0.935. The van der Waals surface area contributed by atoms with Gasteiger partial charge in [0.1, 0.15) is 6.04 Å². The molecular weight excluding hydrogens is 448 g/mol. The summed E-state index contributed by atoms with van der Waals surface area (Å²) >= 11 is 0. The molecule has 9 nitrogen and oxygen atoms in total. The van der Waals surface area contributed by atoms with Crippen LogP contribution in [0, 0.1) is 12.8 Å². The Morgan fingerprint density at radius 3 is 2.27 bits per heavy atom. The van der Waals surface area contributed by atoms with E-state index < -0.39 is 28.1 Å². The van der Waals surface area contributed by atoms with Crippen molar-refractivity contribution in [2.24, 2.45) is 5.92 Å². The summed E-state index contributed by atoms with van der Waals surface area (Å²) in [7, 11) is -3.85. The number of likely N-dealkylation sites (tertiary alicyclic amines) is 1. The van der Waals surface area contributed by atoms with Crippen LogP contribution < -0.4 is 0 Å². The highest BCUT2D eigenvalue weighted by Crippen LogP contribution is 2.28. The van der Waals surface area contributed by atoms with Crippen LogP contribution in [-0.2, 0) is 33.9 Å². The third-order valence-electron chi connectivity index (χ3n) is 6.17. The van der Waals surface area contributed by atoms with Crippen molar-refractivity contribution in [3.8, 4) is 0 Å². The smallest absolute Gasteiger partial charge is 0.325 e. The van der Waals surface area contributed by atoms with Gasteiger partial charge in [0.05, 0.1) is 17.4 Å². The number of esters is 2. The van der Waals surface area contributed by atoms with Gasteiger partial charge in [0, 0.05) is 19.6 Å². The largest absolute Gasteiger partial charge is 0.466 e. The molecule has 0 bridgehead atoms. The fraction of sp³-hybridized carbons (Fsp3) is 0.609. The molecule has 1 amide bonds. The summed E-state index contributed by atoms with van der Waals surface area (Å²) in [4.78, 5) is 39.2. The summed E-state index contributed by atoms with van der Waals surface area (Å²) < 4.78 is 37.8. The molecule has 1 aromatic carbocycles. The van der Waals surface area contributed by atoms with Crippen LogP contribution in [0.4, 0.5) is 0 Å². The molecule has 0 N–H and O–H groups in total. The molecule has 10 heteroatoms. The van der Waals surface area contributed by atoms with Crippen LogP contribution in [0.15, 0.2) is 29.2 Å². The van der Waals surface area contributed by atoms with Crippen LogP contribution >= 0.6 is 0 Å². The van der Waals surface area contributed by atoms with Gasteiger partial charge in [0.25, 0.3) is 5.91 Å². The molecule has 0 aromatic heterocycles. The topological polar surface area (TPSA) is 110 Å². The molecule has 2 fully saturated rings. The Hall–Kier alpha value is -2.46. The molecular formula is C23H32N2O7S. The lowest BCUT2D eigenvalue weighted by Gasteiger charge is -2.32. The zero-order chi connectivity index (χ0) is 24.2. The number of rotatable bonds is 7. The van der Waals surface area contributed by atoms with Crippen LogP contribution in [0.2, 0.25) is 0 Å². The van der Waals surface area contributed by atoms with E-state index in [1.807, 2.05) is 6.92 Å². The van der Waals surface area contributed by atoms with Crippen LogP contribution in [0.5, 0.6) is 0 Å². The Morgan fingerprint density at radius 2 is 1.67 bits per heavy atom. The molecule has 2 aliphatic heterocycles. The van der Waals surface area contributed by atoms with Crippen molar-refractivity contribution in [1.29, 1.82) is 0 Å². The van der Waals surface area contributed by atoms with Gasteiger partial charge in [-0.25, -0.2) is 8.42 Å². The standard InChI is InChI=1S/C23H32N2O7S/c1-4-31-22(27)18-11-14-24(15-12-18)21(26)17(3)32-23(28)20-6-5-13-25(20)33(29,30)19-9-7-16(2)8-10-19/h7-10,17-18,20H,4-6,11-15H2,1-3H3/t17-,20-/m0/s1. The second-order valence-electron chi connectivity index (χ2n) is 8.52. The molecule has 33 heavy (non-hydrogen) atoms. The van der Waals surface area contributed by atoms with E-state index in [2.05, 4.69) is 0 Å². The van der Waals surface area contributed by atoms with Gasteiger partial charge in [0.15, 0.2) is 6.10 Å². The molecule has 3 rings (SSSR count).